The fourth-order valence-electron chi connectivity index (χ4n) is 2.45. The summed E-state index contributed by atoms with van der Waals surface area (Å²) in [5, 5.41) is 10.1. The molecule has 0 spiro atoms. The predicted octanol–water partition coefficient (Wildman–Crippen LogP) is 2.95. The summed E-state index contributed by atoms with van der Waals surface area (Å²) in [5.41, 5.74) is 0.321. The Morgan fingerprint density at radius 2 is 2.16 bits per heavy atom. The molecular weight excluding hydrogens is 260 g/mol. The van der Waals surface area contributed by atoms with Crippen LogP contribution in [0, 0.1) is 0 Å². The van der Waals surface area contributed by atoms with Crippen LogP contribution in [0.5, 0.6) is 11.5 Å². The first-order valence-electron chi connectivity index (χ1n) is 6.86. The molecule has 19 heavy (non-hydrogen) atoms. The summed E-state index contributed by atoms with van der Waals surface area (Å²) in [7, 11) is 1.65. The second kappa shape index (κ2) is 5.25. The number of thioether (sulfide) groups is 1. The monoisotopic (exact) mass is 280 g/mol. The molecule has 1 atom stereocenters. The summed E-state index contributed by atoms with van der Waals surface area (Å²) in [6.45, 7) is 0. The van der Waals surface area contributed by atoms with E-state index in [1.807, 2.05) is 30.0 Å². The van der Waals surface area contributed by atoms with Crippen LogP contribution in [0.1, 0.15) is 31.2 Å². The van der Waals surface area contributed by atoms with Crippen molar-refractivity contribution in [2.75, 3.05) is 18.6 Å². The molecule has 3 nitrogen and oxygen atoms in total. The zero-order valence-corrected chi connectivity index (χ0v) is 12.0. The van der Waals surface area contributed by atoms with Crippen LogP contribution in [0.25, 0.3) is 0 Å². The molecule has 1 unspecified atom stereocenters. The molecule has 0 bridgehead atoms. The summed E-state index contributed by atoms with van der Waals surface area (Å²) in [5.74, 6) is 3.81. The molecule has 1 heterocycles. The van der Waals surface area contributed by atoms with E-state index in [4.69, 9.17) is 9.47 Å². The molecule has 2 aliphatic rings. The van der Waals surface area contributed by atoms with Crippen molar-refractivity contribution in [3.8, 4) is 11.5 Å². The normalized spacial score (nSPS) is 24.8. The first-order valence-corrected chi connectivity index (χ1v) is 8.02. The fourth-order valence-corrected chi connectivity index (χ4v) is 3.48. The molecule has 3 rings (SSSR count). The highest BCUT2D eigenvalue weighted by atomic mass is 32.2. The predicted molar refractivity (Wildman–Crippen MR) is 77.1 cm³/mol. The van der Waals surface area contributed by atoms with Crippen molar-refractivity contribution in [1.82, 2.24) is 0 Å². The number of aliphatic hydroxyl groups is 1. The van der Waals surface area contributed by atoms with Gasteiger partial charge in [0.05, 0.1) is 12.7 Å². The van der Waals surface area contributed by atoms with E-state index in [0.717, 1.165) is 42.1 Å². The minimum absolute atomic E-state index is 0.280. The van der Waals surface area contributed by atoms with Crippen LogP contribution >= 0.6 is 11.8 Å². The van der Waals surface area contributed by atoms with E-state index < -0.39 is 5.60 Å². The number of ether oxygens (including phenoxy) is 2. The molecule has 0 radical (unpaired) electrons. The third kappa shape index (κ3) is 2.84. The highest BCUT2D eigenvalue weighted by Gasteiger charge is 2.42. The first kappa shape index (κ1) is 13.1. The SMILES string of the molecule is COc1cc(C2(O)CC2)ccc1OC1CCCSC1. The average Bonchev–Trinajstić information content (AvgIpc) is 3.19. The van der Waals surface area contributed by atoms with Crippen molar-refractivity contribution in [3.63, 3.8) is 0 Å². The Bertz CT molecular complexity index is 451. The molecule has 2 fully saturated rings. The molecular formula is C15H20O3S. The van der Waals surface area contributed by atoms with E-state index in [1.165, 1.54) is 12.2 Å². The van der Waals surface area contributed by atoms with Crippen LogP contribution in [0.3, 0.4) is 0 Å². The van der Waals surface area contributed by atoms with E-state index in [0.29, 0.717) is 0 Å². The van der Waals surface area contributed by atoms with Gasteiger partial charge in [0.2, 0.25) is 0 Å². The van der Waals surface area contributed by atoms with Gasteiger partial charge in [0.1, 0.15) is 6.10 Å². The van der Waals surface area contributed by atoms with Crippen molar-refractivity contribution in [2.45, 2.75) is 37.4 Å². The van der Waals surface area contributed by atoms with Gasteiger partial charge in [0.15, 0.2) is 11.5 Å². The van der Waals surface area contributed by atoms with Gasteiger partial charge < -0.3 is 14.6 Å². The zero-order valence-electron chi connectivity index (χ0n) is 11.2. The van der Waals surface area contributed by atoms with Gasteiger partial charge in [-0.15, -0.1) is 0 Å². The lowest BCUT2D eigenvalue weighted by Gasteiger charge is -2.24. The Kier molecular flexibility index (Phi) is 3.63. The summed E-state index contributed by atoms with van der Waals surface area (Å²) in [6.07, 6.45) is 4.30. The molecule has 1 aromatic carbocycles. The van der Waals surface area contributed by atoms with Gasteiger partial charge in [-0.05, 0) is 49.1 Å². The number of rotatable bonds is 4. The first-order chi connectivity index (χ1) is 9.21. The largest absolute Gasteiger partial charge is 0.493 e. The third-order valence-electron chi connectivity index (χ3n) is 3.84. The van der Waals surface area contributed by atoms with Gasteiger partial charge in [0, 0.05) is 5.75 Å². The van der Waals surface area contributed by atoms with Crippen molar-refractivity contribution >= 4 is 11.8 Å². The maximum absolute atomic E-state index is 10.1. The molecule has 104 valence electrons. The van der Waals surface area contributed by atoms with Crippen LogP contribution in [0.4, 0.5) is 0 Å². The Balaban J connectivity index is 1.76. The standard InChI is InChI=1S/C15H20O3S/c1-17-14-9-11(15(16)6-7-15)4-5-13(14)18-12-3-2-8-19-10-12/h4-5,9,12,16H,2-3,6-8,10H2,1H3. The maximum Gasteiger partial charge on any atom is 0.161 e. The lowest BCUT2D eigenvalue weighted by Crippen LogP contribution is -2.23. The Hall–Kier alpha value is -0.870. The third-order valence-corrected chi connectivity index (χ3v) is 5.02. The molecule has 0 amide bonds. The highest BCUT2D eigenvalue weighted by molar-refractivity contribution is 7.99. The van der Waals surface area contributed by atoms with Gasteiger partial charge in [0.25, 0.3) is 0 Å². The second-order valence-electron chi connectivity index (χ2n) is 5.35. The smallest absolute Gasteiger partial charge is 0.161 e. The number of methoxy groups -OCH3 is 1. The van der Waals surface area contributed by atoms with E-state index in [1.54, 1.807) is 7.11 Å². The van der Waals surface area contributed by atoms with E-state index >= 15 is 0 Å². The molecule has 1 saturated heterocycles. The van der Waals surface area contributed by atoms with Gasteiger partial charge in [-0.1, -0.05) is 6.07 Å². The van der Waals surface area contributed by atoms with Crippen LogP contribution < -0.4 is 9.47 Å². The summed E-state index contributed by atoms with van der Waals surface area (Å²) < 4.78 is 11.4. The number of hydrogen-bond donors (Lipinski definition) is 1. The molecule has 1 aromatic rings. The number of benzene rings is 1. The molecule has 1 saturated carbocycles. The van der Waals surface area contributed by atoms with Crippen LogP contribution in [-0.2, 0) is 5.60 Å². The second-order valence-corrected chi connectivity index (χ2v) is 6.50. The minimum atomic E-state index is -0.619. The summed E-state index contributed by atoms with van der Waals surface area (Å²) >= 11 is 1.95. The lowest BCUT2D eigenvalue weighted by molar-refractivity contribution is 0.150. The minimum Gasteiger partial charge on any atom is -0.493 e. The Morgan fingerprint density at radius 1 is 1.32 bits per heavy atom. The average molecular weight is 280 g/mol. The van der Waals surface area contributed by atoms with Gasteiger partial charge in [-0.3, -0.25) is 0 Å². The van der Waals surface area contributed by atoms with E-state index in [2.05, 4.69) is 0 Å². The van der Waals surface area contributed by atoms with Gasteiger partial charge in [-0.2, -0.15) is 11.8 Å². The zero-order chi connectivity index (χ0) is 13.3. The molecule has 4 heteroatoms. The van der Waals surface area contributed by atoms with Gasteiger partial charge >= 0.3 is 0 Å². The van der Waals surface area contributed by atoms with Gasteiger partial charge in [-0.25, -0.2) is 0 Å². The Labute approximate surface area is 118 Å². The lowest BCUT2D eigenvalue weighted by atomic mass is 10.1. The van der Waals surface area contributed by atoms with Crippen LogP contribution in [0.2, 0.25) is 0 Å². The van der Waals surface area contributed by atoms with Crippen molar-refractivity contribution in [3.05, 3.63) is 23.8 Å². The quantitative estimate of drug-likeness (QED) is 0.920. The van der Waals surface area contributed by atoms with Crippen molar-refractivity contribution in [1.29, 1.82) is 0 Å². The number of hydrogen-bond acceptors (Lipinski definition) is 4. The fraction of sp³-hybridized carbons (Fsp3) is 0.600. The maximum atomic E-state index is 10.1. The summed E-state index contributed by atoms with van der Waals surface area (Å²) in [4.78, 5) is 0. The molecule has 1 aliphatic carbocycles. The highest BCUT2D eigenvalue weighted by Crippen LogP contribution is 2.47. The van der Waals surface area contributed by atoms with Crippen LogP contribution in [0.15, 0.2) is 18.2 Å². The Morgan fingerprint density at radius 3 is 2.79 bits per heavy atom. The van der Waals surface area contributed by atoms with Crippen molar-refractivity contribution in [2.24, 2.45) is 0 Å². The molecule has 1 N–H and O–H groups in total. The topological polar surface area (TPSA) is 38.7 Å². The molecule has 0 aromatic heterocycles. The molecule has 1 aliphatic heterocycles. The summed E-state index contributed by atoms with van der Waals surface area (Å²) in [6, 6.07) is 5.81. The van der Waals surface area contributed by atoms with E-state index in [9.17, 15) is 5.11 Å². The van der Waals surface area contributed by atoms with Crippen molar-refractivity contribution < 1.29 is 14.6 Å². The van der Waals surface area contributed by atoms with Crippen LogP contribution in [-0.4, -0.2) is 29.8 Å². The van der Waals surface area contributed by atoms with E-state index in [-0.39, 0.29) is 6.10 Å².